The van der Waals surface area contributed by atoms with Gasteiger partial charge in [0.1, 0.15) is 0 Å². The lowest BCUT2D eigenvalue weighted by molar-refractivity contribution is -0.0324. The third-order valence-corrected chi connectivity index (χ3v) is 2.41. The Morgan fingerprint density at radius 2 is 1.67 bits per heavy atom. The van der Waals surface area contributed by atoms with Crippen LogP contribution in [0.1, 0.15) is 6.92 Å². The average molecular weight is 265 g/mol. The summed E-state index contributed by atoms with van der Waals surface area (Å²) in [6, 6.07) is 0. The molecule has 0 aliphatic carbocycles. The molecular formula is C12H27NO5. The standard InChI is InChI=1S/C12H27NO5/c1-10(7-15-2)18-8-11(14)5-13-6-12(17-4)9-16-3/h10-14H,5-9H2,1-4H3. The Kier molecular flexibility index (Phi) is 11.7. The Labute approximate surface area is 110 Å². The summed E-state index contributed by atoms with van der Waals surface area (Å²) in [6.07, 6.45) is -0.551. The van der Waals surface area contributed by atoms with Crippen LogP contribution in [0.25, 0.3) is 0 Å². The van der Waals surface area contributed by atoms with Crippen molar-refractivity contribution in [3.05, 3.63) is 0 Å². The number of hydrogen-bond donors (Lipinski definition) is 2. The number of rotatable bonds is 12. The Bertz CT molecular complexity index is 182. The van der Waals surface area contributed by atoms with E-state index in [0.29, 0.717) is 32.9 Å². The average Bonchev–Trinajstić information content (AvgIpc) is 2.35. The van der Waals surface area contributed by atoms with Crippen LogP contribution < -0.4 is 5.32 Å². The van der Waals surface area contributed by atoms with Gasteiger partial charge in [0.2, 0.25) is 0 Å². The van der Waals surface area contributed by atoms with Crippen LogP contribution in [0.4, 0.5) is 0 Å². The van der Waals surface area contributed by atoms with E-state index in [-0.39, 0.29) is 12.2 Å². The van der Waals surface area contributed by atoms with Gasteiger partial charge in [-0.25, -0.2) is 0 Å². The largest absolute Gasteiger partial charge is 0.389 e. The molecule has 2 N–H and O–H groups in total. The second kappa shape index (κ2) is 11.8. The van der Waals surface area contributed by atoms with Crippen molar-refractivity contribution in [3.63, 3.8) is 0 Å². The molecule has 6 heteroatoms. The van der Waals surface area contributed by atoms with E-state index in [2.05, 4.69) is 5.32 Å². The highest BCUT2D eigenvalue weighted by Crippen LogP contribution is 1.94. The first-order valence-corrected chi connectivity index (χ1v) is 6.15. The van der Waals surface area contributed by atoms with Crippen LogP contribution in [0.3, 0.4) is 0 Å². The summed E-state index contributed by atoms with van der Waals surface area (Å²) in [5, 5.41) is 12.8. The Balaban J connectivity index is 3.54. The molecule has 0 fully saturated rings. The zero-order valence-corrected chi connectivity index (χ0v) is 11.8. The maximum absolute atomic E-state index is 9.68. The maximum Gasteiger partial charge on any atom is 0.0928 e. The van der Waals surface area contributed by atoms with Gasteiger partial charge in [0.25, 0.3) is 0 Å². The van der Waals surface area contributed by atoms with Crippen molar-refractivity contribution >= 4 is 0 Å². The van der Waals surface area contributed by atoms with Crippen LogP contribution >= 0.6 is 0 Å². The van der Waals surface area contributed by atoms with Crippen molar-refractivity contribution in [2.75, 3.05) is 54.2 Å². The van der Waals surface area contributed by atoms with Gasteiger partial charge in [-0.1, -0.05) is 0 Å². The van der Waals surface area contributed by atoms with Crippen LogP contribution in [-0.2, 0) is 18.9 Å². The van der Waals surface area contributed by atoms with Crippen LogP contribution in [0.2, 0.25) is 0 Å². The molecule has 3 unspecified atom stereocenters. The van der Waals surface area contributed by atoms with Gasteiger partial charge >= 0.3 is 0 Å². The number of nitrogens with one attached hydrogen (secondary N) is 1. The molecule has 0 aliphatic rings. The SMILES string of the molecule is COCC(C)OCC(O)CNCC(COC)OC. The minimum atomic E-state index is -0.538. The molecule has 0 aliphatic heterocycles. The molecule has 0 aromatic carbocycles. The number of ether oxygens (including phenoxy) is 4. The molecule has 0 heterocycles. The Morgan fingerprint density at radius 1 is 1.00 bits per heavy atom. The van der Waals surface area contributed by atoms with E-state index < -0.39 is 6.10 Å². The first-order valence-electron chi connectivity index (χ1n) is 6.15. The Hall–Kier alpha value is -0.240. The van der Waals surface area contributed by atoms with Crippen molar-refractivity contribution in [2.24, 2.45) is 0 Å². The van der Waals surface area contributed by atoms with Crippen LogP contribution in [-0.4, -0.2) is 77.7 Å². The highest BCUT2D eigenvalue weighted by Gasteiger charge is 2.10. The lowest BCUT2D eigenvalue weighted by Crippen LogP contribution is -2.38. The molecule has 0 bridgehead atoms. The molecular weight excluding hydrogens is 238 g/mol. The third-order valence-electron chi connectivity index (χ3n) is 2.41. The molecule has 0 spiro atoms. The molecule has 0 aromatic rings. The molecule has 18 heavy (non-hydrogen) atoms. The van der Waals surface area contributed by atoms with E-state index in [1.807, 2.05) is 6.92 Å². The van der Waals surface area contributed by atoms with Crippen LogP contribution in [0.5, 0.6) is 0 Å². The lowest BCUT2D eigenvalue weighted by Gasteiger charge is -2.18. The molecule has 0 aromatic heterocycles. The highest BCUT2D eigenvalue weighted by atomic mass is 16.5. The number of aliphatic hydroxyl groups is 1. The van der Waals surface area contributed by atoms with E-state index in [4.69, 9.17) is 18.9 Å². The quantitative estimate of drug-likeness (QED) is 0.503. The molecule has 0 saturated carbocycles. The summed E-state index contributed by atoms with van der Waals surface area (Å²) in [5.74, 6) is 0. The summed E-state index contributed by atoms with van der Waals surface area (Å²) in [4.78, 5) is 0. The van der Waals surface area contributed by atoms with Crippen molar-refractivity contribution < 1.29 is 24.1 Å². The topological polar surface area (TPSA) is 69.2 Å². The monoisotopic (exact) mass is 265 g/mol. The first kappa shape index (κ1) is 17.8. The number of aliphatic hydroxyl groups excluding tert-OH is 1. The summed E-state index contributed by atoms with van der Waals surface area (Å²) in [7, 11) is 4.89. The van der Waals surface area contributed by atoms with Gasteiger partial charge in [0, 0.05) is 34.4 Å². The summed E-state index contributed by atoms with van der Waals surface area (Å²) in [6.45, 7) is 4.35. The zero-order chi connectivity index (χ0) is 13.8. The third kappa shape index (κ3) is 9.76. The van der Waals surface area contributed by atoms with Crippen molar-refractivity contribution in [1.82, 2.24) is 5.32 Å². The second-order valence-electron chi connectivity index (χ2n) is 4.22. The molecule has 3 atom stereocenters. The van der Waals surface area contributed by atoms with Gasteiger partial charge in [-0.15, -0.1) is 0 Å². The van der Waals surface area contributed by atoms with Gasteiger partial charge in [0.15, 0.2) is 0 Å². The molecule has 0 radical (unpaired) electrons. The first-order chi connectivity index (χ1) is 8.63. The molecule has 0 amide bonds. The van der Waals surface area contributed by atoms with Gasteiger partial charge in [-0.05, 0) is 6.92 Å². The fraction of sp³-hybridized carbons (Fsp3) is 1.00. The normalized spacial score (nSPS) is 16.5. The zero-order valence-electron chi connectivity index (χ0n) is 11.8. The van der Waals surface area contributed by atoms with Gasteiger partial charge < -0.3 is 29.4 Å². The molecule has 0 saturated heterocycles. The van der Waals surface area contributed by atoms with Crippen LogP contribution in [0, 0.1) is 0 Å². The van der Waals surface area contributed by atoms with Crippen molar-refractivity contribution in [2.45, 2.75) is 25.2 Å². The smallest absolute Gasteiger partial charge is 0.0928 e. The Morgan fingerprint density at radius 3 is 2.22 bits per heavy atom. The second-order valence-corrected chi connectivity index (χ2v) is 4.22. The van der Waals surface area contributed by atoms with Crippen LogP contribution in [0.15, 0.2) is 0 Å². The minimum absolute atomic E-state index is 0.00414. The fourth-order valence-corrected chi connectivity index (χ4v) is 1.42. The van der Waals surface area contributed by atoms with E-state index >= 15 is 0 Å². The summed E-state index contributed by atoms with van der Waals surface area (Å²) < 4.78 is 20.5. The van der Waals surface area contributed by atoms with Gasteiger partial charge in [-0.3, -0.25) is 0 Å². The summed E-state index contributed by atoms with van der Waals surface area (Å²) in [5.41, 5.74) is 0. The van der Waals surface area contributed by atoms with Crippen molar-refractivity contribution in [3.8, 4) is 0 Å². The van der Waals surface area contributed by atoms with E-state index in [9.17, 15) is 5.11 Å². The van der Waals surface area contributed by atoms with Gasteiger partial charge in [-0.2, -0.15) is 0 Å². The van der Waals surface area contributed by atoms with E-state index in [1.165, 1.54) is 0 Å². The predicted molar refractivity (Wildman–Crippen MR) is 68.8 cm³/mol. The lowest BCUT2D eigenvalue weighted by atomic mass is 10.3. The number of methoxy groups -OCH3 is 3. The van der Waals surface area contributed by atoms with E-state index in [0.717, 1.165) is 0 Å². The summed E-state index contributed by atoms with van der Waals surface area (Å²) >= 11 is 0. The molecule has 110 valence electrons. The van der Waals surface area contributed by atoms with Crippen molar-refractivity contribution in [1.29, 1.82) is 0 Å². The molecule has 0 rings (SSSR count). The molecule has 6 nitrogen and oxygen atoms in total. The maximum atomic E-state index is 9.68. The highest BCUT2D eigenvalue weighted by molar-refractivity contribution is 4.64. The minimum Gasteiger partial charge on any atom is -0.389 e. The fourth-order valence-electron chi connectivity index (χ4n) is 1.42. The van der Waals surface area contributed by atoms with E-state index in [1.54, 1.807) is 21.3 Å². The van der Waals surface area contributed by atoms with Gasteiger partial charge in [0.05, 0.1) is 38.1 Å². The predicted octanol–water partition coefficient (Wildman–Crippen LogP) is -0.350. The number of hydrogen-bond acceptors (Lipinski definition) is 6.